The second-order valence-electron chi connectivity index (χ2n) is 6.54. The average Bonchev–Trinajstić information content (AvgIpc) is 2.46. The number of rotatable bonds is 4. The Kier molecular flexibility index (Phi) is 5.27. The molecular formula is C18H28N2O. The summed E-state index contributed by atoms with van der Waals surface area (Å²) in [5, 5.41) is 6.61. The molecule has 0 aromatic heterocycles. The molecule has 3 atom stereocenters. The first kappa shape index (κ1) is 15.9. The van der Waals surface area contributed by atoms with Crippen LogP contribution in [0.25, 0.3) is 0 Å². The zero-order valence-corrected chi connectivity index (χ0v) is 13.7. The van der Waals surface area contributed by atoms with E-state index in [1.807, 2.05) is 13.0 Å². The zero-order chi connectivity index (χ0) is 15.4. The number of carbonyl (C=O) groups excluding carboxylic acids is 1. The van der Waals surface area contributed by atoms with E-state index in [0.29, 0.717) is 12.5 Å². The second kappa shape index (κ2) is 6.97. The number of hydrogen-bond acceptors (Lipinski definition) is 2. The Bertz CT molecular complexity index is 498. The number of carbonyl (C=O) groups is 1. The molecule has 1 aliphatic carbocycles. The lowest BCUT2D eigenvalue weighted by atomic mass is 9.79. The van der Waals surface area contributed by atoms with Crippen molar-refractivity contribution in [1.29, 1.82) is 0 Å². The van der Waals surface area contributed by atoms with Crippen molar-refractivity contribution in [2.24, 2.45) is 11.8 Å². The van der Waals surface area contributed by atoms with Gasteiger partial charge in [-0.25, -0.2) is 0 Å². The molecule has 1 aliphatic rings. The fraction of sp³-hybridized carbons (Fsp3) is 0.611. The van der Waals surface area contributed by atoms with Crippen LogP contribution in [0.4, 0.5) is 11.4 Å². The smallest absolute Gasteiger partial charge is 0.224 e. The van der Waals surface area contributed by atoms with Crippen molar-refractivity contribution in [3.05, 3.63) is 23.8 Å². The molecule has 0 spiro atoms. The summed E-state index contributed by atoms with van der Waals surface area (Å²) >= 11 is 0. The van der Waals surface area contributed by atoms with Crippen LogP contribution < -0.4 is 10.6 Å². The van der Waals surface area contributed by atoms with E-state index in [4.69, 9.17) is 0 Å². The van der Waals surface area contributed by atoms with Crippen molar-refractivity contribution < 1.29 is 4.79 Å². The highest BCUT2D eigenvalue weighted by Crippen LogP contribution is 2.32. The van der Waals surface area contributed by atoms with E-state index in [1.165, 1.54) is 24.8 Å². The van der Waals surface area contributed by atoms with E-state index in [1.54, 1.807) is 0 Å². The minimum Gasteiger partial charge on any atom is -0.382 e. The van der Waals surface area contributed by atoms with Gasteiger partial charge in [0.2, 0.25) is 5.91 Å². The average molecular weight is 288 g/mol. The lowest BCUT2D eigenvalue weighted by Gasteiger charge is -2.33. The molecule has 1 aromatic carbocycles. The number of hydrogen-bond donors (Lipinski definition) is 2. The van der Waals surface area contributed by atoms with Gasteiger partial charge < -0.3 is 10.6 Å². The van der Waals surface area contributed by atoms with Crippen LogP contribution in [0.2, 0.25) is 0 Å². The van der Waals surface area contributed by atoms with E-state index in [0.717, 1.165) is 23.2 Å². The lowest BCUT2D eigenvalue weighted by Crippen LogP contribution is -2.30. The number of benzene rings is 1. The summed E-state index contributed by atoms with van der Waals surface area (Å²) in [6, 6.07) is 6.65. The summed E-state index contributed by atoms with van der Waals surface area (Å²) in [5.74, 6) is 1.67. The summed E-state index contributed by atoms with van der Waals surface area (Å²) in [6.45, 7) is 8.69. The normalized spacial score (nSPS) is 25.4. The molecule has 116 valence electrons. The zero-order valence-electron chi connectivity index (χ0n) is 13.7. The lowest BCUT2D eigenvalue weighted by molar-refractivity contribution is -0.115. The van der Waals surface area contributed by atoms with Gasteiger partial charge in [0.1, 0.15) is 0 Å². The first-order chi connectivity index (χ1) is 9.99. The van der Waals surface area contributed by atoms with Crippen molar-refractivity contribution in [3.63, 3.8) is 0 Å². The molecule has 1 aromatic rings. The number of amides is 1. The molecule has 3 heteroatoms. The van der Waals surface area contributed by atoms with Crippen LogP contribution in [0, 0.1) is 18.8 Å². The Hall–Kier alpha value is -1.51. The molecule has 0 saturated heterocycles. The van der Waals surface area contributed by atoms with Gasteiger partial charge >= 0.3 is 0 Å². The molecule has 3 nitrogen and oxygen atoms in total. The summed E-state index contributed by atoms with van der Waals surface area (Å²) < 4.78 is 0. The Labute approximate surface area is 128 Å². The van der Waals surface area contributed by atoms with Gasteiger partial charge in [-0.3, -0.25) is 4.79 Å². The van der Waals surface area contributed by atoms with Gasteiger partial charge in [-0.1, -0.05) is 26.8 Å². The third-order valence-electron chi connectivity index (χ3n) is 4.80. The molecule has 1 fully saturated rings. The fourth-order valence-corrected chi connectivity index (χ4v) is 3.00. The van der Waals surface area contributed by atoms with E-state index < -0.39 is 0 Å². The molecule has 2 N–H and O–H groups in total. The van der Waals surface area contributed by atoms with Crippen molar-refractivity contribution in [1.82, 2.24) is 0 Å². The third kappa shape index (κ3) is 4.23. The van der Waals surface area contributed by atoms with Gasteiger partial charge in [0.15, 0.2) is 0 Å². The largest absolute Gasteiger partial charge is 0.382 e. The number of nitrogens with one attached hydrogen (secondary N) is 2. The first-order valence-corrected chi connectivity index (χ1v) is 8.16. The Morgan fingerprint density at radius 2 is 2.00 bits per heavy atom. The van der Waals surface area contributed by atoms with Crippen LogP contribution in [0.1, 0.15) is 52.0 Å². The monoisotopic (exact) mass is 288 g/mol. The van der Waals surface area contributed by atoms with E-state index in [2.05, 4.69) is 43.5 Å². The van der Waals surface area contributed by atoms with Crippen LogP contribution in [0.5, 0.6) is 0 Å². The molecule has 21 heavy (non-hydrogen) atoms. The number of anilines is 2. The van der Waals surface area contributed by atoms with Crippen molar-refractivity contribution in [2.45, 2.75) is 59.4 Å². The maximum absolute atomic E-state index is 11.5. The maximum atomic E-state index is 11.5. The first-order valence-electron chi connectivity index (χ1n) is 8.16. The Balaban J connectivity index is 2.05. The van der Waals surface area contributed by atoms with Crippen molar-refractivity contribution in [2.75, 3.05) is 10.6 Å². The molecule has 0 radical (unpaired) electrons. The van der Waals surface area contributed by atoms with Crippen LogP contribution in [-0.4, -0.2) is 11.9 Å². The van der Waals surface area contributed by atoms with Crippen molar-refractivity contribution in [3.8, 4) is 0 Å². The fourth-order valence-electron chi connectivity index (χ4n) is 3.00. The van der Waals surface area contributed by atoms with Crippen molar-refractivity contribution >= 4 is 17.3 Å². The van der Waals surface area contributed by atoms with Crippen LogP contribution in [0.3, 0.4) is 0 Å². The Morgan fingerprint density at radius 1 is 1.24 bits per heavy atom. The molecule has 0 heterocycles. The highest BCUT2D eigenvalue weighted by atomic mass is 16.1. The standard InChI is InChI=1S/C18H28N2O/c1-5-18(21)20-16-9-7-13(3)17(11-16)19-15-8-6-12(2)14(4)10-15/h7,9,11-12,14-15,19H,5-6,8,10H2,1-4H3,(H,20,21). The van der Waals surface area contributed by atoms with Crippen LogP contribution in [-0.2, 0) is 4.79 Å². The molecular weight excluding hydrogens is 260 g/mol. The maximum Gasteiger partial charge on any atom is 0.224 e. The molecule has 1 saturated carbocycles. The highest BCUT2D eigenvalue weighted by Gasteiger charge is 2.24. The molecule has 2 rings (SSSR count). The van der Waals surface area contributed by atoms with E-state index in [-0.39, 0.29) is 5.91 Å². The van der Waals surface area contributed by atoms with Gasteiger partial charge in [-0.15, -0.1) is 0 Å². The predicted octanol–water partition coefficient (Wildman–Crippen LogP) is 4.58. The second-order valence-corrected chi connectivity index (χ2v) is 6.54. The molecule has 1 amide bonds. The predicted molar refractivity (Wildman–Crippen MR) is 89.7 cm³/mol. The minimum absolute atomic E-state index is 0.0601. The molecule has 3 unspecified atom stereocenters. The summed E-state index contributed by atoms with van der Waals surface area (Å²) in [4.78, 5) is 11.5. The van der Waals surface area contributed by atoms with Gasteiger partial charge in [-0.05, 0) is 55.7 Å². The van der Waals surface area contributed by atoms with E-state index in [9.17, 15) is 4.79 Å². The minimum atomic E-state index is 0.0601. The summed E-state index contributed by atoms with van der Waals surface area (Å²) in [7, 11) is 0. The molecule has 0 bridgehead atoms. The Morgan fingerprint density at radius 3 is 2.67 bits per heavy atom. The highest BCUT2D eigenvalue weighted by molar-refractivity contribution is 5.91. The third-order valence-corrected chi connectivity index (χ3v) is 4.80. The topological polar surface area (TPSA) is 41.1 Å². The van der Waals surface area contributed by atoms with Gasteiger partial charge in [0.25, 0.3) is 0 Å². The molecule has 0 aliphatic heterocycles. The van der Waals surface area contributed by atoms with Crippen LogP contribution >= 0.6 is 0 Å². The van der Waals surface area contributed by atoms with Crippen LogP contribution in [0.15, 0.2) is 18.2 Å². The summed E-state index contributed by atoms with van der Waals surface area (Å²) in [6.07, 6.45) is 4.27. The van der Waals surface area contributed by atoms with Gasteiger partial charge in [-0.2, -0.15) is 0 Å². The van der Waals surface area contributed by atoms with Gasteiger partial charge in [0.05, 0.1) is 0 Å². The van der Waals surface area contributed by atoms with Gasteiger partial charge in [0, 0.05) is 23.8 Å². The number of aryl methyl sites for hydroxylation is 1. The summed E-state index contributed by atoms with van der Waals surface area (Å²) in [5.41, 5.74) is 3.26. The SMILES string of the molecule is CCC(=O)Nc1ccc(C)c(NC2CCC(C)C(C)C2)c1. The quantitative estimate of drug-likeness (QED) is 0.851. The van der Waals surface area contributed by atoms with E-state index >= 15 is 0 Å².